The molecule has 2 nitrogen and oxygen atoms in total. The zero-order chi connectivity index (χ0) is 12.0. The van der Waals surface area contributed by atoms with Crippen molar-refractivity contribution in [3.05, 3.63) is 34.9 Å². The first kappa shape index (κ1) is 13.5. The summed E-state index contributed by atoms with van der Waals surface area (Å²) in [4.78, 5) is 0. The molecule has 0 bridgehead atoms. The van der Waals surface area contributed by atoms with Crippen molar-refractivity contribution >= 4 is 11.6 Å². The van der Waals surface area contributed by atoms with Crippen LogP contribution in [0, 0.1) is 0 Å². The van der Waals surface area contributed by atoms with Gasteiger partial charge in [-0.2, -0.15) is 0 Å². The summed E-state index contributed by atoms with van der Waals surface area (Å²) in [6, 6.07) is 7.78. The van der Waals surface area contributed by atoms with Gasteiger partial charge in [0, 0.05) is 11.6 Å². The SMILES string of the molecule is CCNCC(C)(C)OCc1ccccc1Cl. The Hall–Kier alpha value is -0.570. The van der Waals surface area contributed by atoms with E-state index in [2.05, 4.69) is 26.1 Å². The molecule has 0 heterocycles. The third-order valence-corrected chi connectivity index (χ3v) is 2.75. The summed E-state index contributed by atoms with van der Waals surface area (Å²) in [5, 5.41) is 4.05. The molecule has 90 valence electrons. The van der Waals surface area contributed by atoms with Crippen LogP contribution in [0.1, 0.15) is 26.3 Å². The zero-order valence-corrected chi connectivity index (χ0v) is 11.0. The van der Waals surface area contributed by atoms with Crippen LogP contribution in [0.3, 0.4) is 0 Å². The van der Waals surface area contributed by atoms with Crippen molar-refractivity contribution in [1.29, 1.82) is 0 Å². The molecule has 0 radical (unpaired) electrons. The molecule has 0 saturated carbocycles. The van der Waals surface area contributed by atoms with Gasteiger partial charge in [0.2, 0.25) is 0 Å². The molecular weight excluding hydrogens is 222 g/mol. The Kier molecular flexibility index (Phi) is 5.26. The van der Waals surface area contributed by atoms with Crippen LogP contribution in [0.2, 0.25) is 5.02 Å². The Morgan fingerprint density at radius 1 is 1.31 bits per heavy atom. The number of hydrogen-bond donors (Lipinski definition) is 1. The van der Waals surface area contributed by atoms with E-state index in [9.17, 15) is 0 Å². The van der Waals surface area contributed by atoms with Gasteiger partial charge in [0.15, 0.2) is 0 Å². The largest absolute Gasteiger partial charge is 0.370 e. The highest BCUT2D eigenvalue weighted by Crippen LogP contribution is 2.18. The van der Waals surface area contributed by atoms with Crippen molar-refractivity contribution < 1.29 is 4.74 Å². The van der Waals surface area contributed by atoms with E-state index in [4.69, 9.17) is 16.3 Å². The van der Waals surface area contributed by atoms with Crippen LogP contribution in [0.25, 0.3) is 0 Å². The maximum Gasteiger partial charge on any atom is 0.0754 e. The lowest BCUT2D eigenvalue weighted by Gasteiger charge is -2.25. The van der Waals surface area contributed by atoms with Crippen LogP contribution in [0.5, 0.6) is 0 Å². The van der Waals surface area contributed by atoms with Crippen molar-refractivity contribution in [3.8, 4) is 0 Å². The standard InChI is InChI=1S/C13H20ClNO/c1-4-15-10-13(2,3)16-9-11-7-5-6-8-12(11)14/h5-8,15H,4,9-10H2,1-3H3. The number of rotatable bonds is 6. The van der Waals surface area contributed by atoms with E-state index >= 15 is 0 Å². The molecule has 0 atom stereocenters. The molecule has 0 unspecified atom stereocenters. The highest BCUT2D eigenvalue weighted by Gasteiger charge is 2.17. The fraction of sp³-hybridized carbons (Fsp3) is 0.538. The van der Waals surface area contributed by atoms with Gasteiger partial charge in [-0.25, -0.2) is 0 Å². The number of ether oxygens (including phenoxy) is 1. The normalized spacial score (nSPS) is 11.8. The quantitative estimate of drug-likeness (QED) is 0.826. The van der Waals surface area contributed by atoms with Gasteiger partial charge in [-0.15, -0.1) is 0 Å². The molecule has 1 aromatic carbocycles. The zero-order valence-electron chi connectivity index (χ0n) is 10.2. The first-order valence-electron chi connectivity index (χ1n) is 5.63. The second kappa shape index (κ2) is 6.24. The summed E-state index contributed by atoms with van der Waals surface area (Å²) in [6.45, 7) is 8.59. The molecule has 0 amide bonds. The predicted molar refractivity (Wildman–Crippen MR) is 68.9 cm³/mol. The Labute approximate surface area is 103 Å². The van der Waals surface area contributed by atoms with E-state index in [1.54, 1.807) is 0 Å². The van der Waals surface area contributed by atoms with Gasteiger partial charge in [-0.1, -0.05) is 36.7 Å². The fourth-order valence-corrected chi connectivity index (χ4v) is 1.56. The van der Waals surface area contributed by atoms with E-state index in [1.807, 2.05) is 24.3 Å². The number of hydrogen-bond acceptors (Lipinski definition) is 2. The molecule has 0 fully saturated rings. The van der Waals surface area contributed by atoms with Crippen LogP contribution in [-0.4, -0.2) is 18.7 Å². The summed E-state index contributed by atoms with van der Waals surface area (Å²) >= 11 is 6.06. The van der Waals surface area contributed by atoms with Gasteiger partial charge in [-0.3, -0.25) is 0 Å². The van der Waals surface area contributed by atoms with Crippen LogP contribution in [0.4, 0.5) is 0 Å². The molecule has 0 aliphatic rings. The molecule has 0 aromatic heterocycles. The molecule has 1 aromatic rings. The van der Waals surface area contributed by atoms with Crippen molar-refractivity contribution in [2.75, 3.05) is 13.1 Å². The second-order valence-electron chi connectivity index (χ2n) is 4.42. The second-order valence-corrected chi connectivity index (χ2v) is 4.83. The topological polar surface area (TPSA) is 21.3 Å². The van der Waals surface area contributed by atoms with Crippen molar-refractivity contribution in [3.63, 3.8) is 0 Å². The molecule has 16 heavy (non-hydrogen) atoms. The molecule has 0 aliphatic carbocycles. The summed E-state index contributed by atoms with van der Waals surface area (Å²) in [6.07, 6.45) is 0. The van der Waals surface area contributed by atoms with Gasteiger partial charge in [-0.05, 0) is 32.0 Å². The average Bonchev–Trinajstić information content (AvgIpc) is 2.26. The van der Waals surface area contributed by atoms with Crippen molar-refractivity contribution in [2.24, 2.45) is 0 Å². The van der Waals surface area contributed by atoms with E-state index in [0.29, 0.717) is 6.61 Å². The minimum atomic E-state index is -0.171. The van der Waals surface area contributed by atoms with Gasteiger partial charge in [0.25, 0.3) is 0 Å². The number of halogens is 1. The Morgan fingerprint density at radius 2 is 2.00 bits per heavy atom. The van der Waals surface area contributed by atoms with E-state index in [0.717, 1.165) is 23.7 Å². The monoisotopic (exact) mass is 241 g/mol. The van der Waals surface area contributed by atoms with E-state index < -0.39 is 0 Å². The maximum atomic E-state index is 6.06. The highest BCUT2D eigenvalue weighted by atomic mass is 35.5. The number of nitrogens with one attached hydrogen (secondary N) is 1. The van der Waals surface area contributed by atoms with Gasteiger partial charge < -0.3 is 10.1 Å². The molecule has 0 spiro atoms. The fourth-order valence-electron chi connectivity index (χ4n) is 1.37. The third kappa shape index (κ3) is 4.52. The van der Waals surface area contributed by atoms with E-state index in [1.165, 1.54) is 0 Å². The molecule has 0 aliphatic heterocycles. The highest BCUT2D eigenvalue weighted by molar-refractivity contribution is 6.31. The Balaban J connectivity index is 2.47. The Morgan fingerprint density at radius 3 is 2.62 bits per heavy atom. The van der Waals surface area contributed by atoms with Crippen LogP contribution < -0.4 is 5.32 Å². The van der Waals surface area contributed by atoms with Gasteiger partial charge in [0.1, 0.15) is 0 Å². The van der Waals surface area contributed by atoms with Gasteiger partial charge in [0.05, 0.1) is 12.2 Å². The lowest BCUT2D eigenvalue weighted by molar-refractivity contribution is -0.0275. The summed E-state index contributed by atoms with van der Waals surface area (Å²) in [5.74, 6) is 0. The molecule has 0 saturated heterocycles. The minimum absolute atomic E-state index is 0.171. The predicted octanol–water partition coefficient (Wildman–Crippen LogP) is 3.24. The van der Waals surface area contributed by atoms with Crippen LogP contribution >= 0.6 is 11.6 Å². The van der Waals surface area contributed by atoms with Crippen molar-refractivity contribution in [1.82, 2.24) is 5.32 Å². The summed E-state index contributed by atoms with van der Waals surface area (Å²) in [5.41, 5.74) is 0.864. The Bertz CT molecular complexity index is 325. The van der Waals surface area contributed by atoms with Gasteiger partial charge >= 0.3 is 0 Å². The molecular formula is C13H20ClNO. The number of likely N-dealkylation sites (N-methyl/N-ethyl adjacent to an activating group) is 1. The first-order chi connectivity index (χ1) is 7.55. The number of benzene rings is 1. The third-order valence-electron chi connectivity index (χ3n) is 2.38. The van der Waals surface area contributed by atoms with Crippen LogP contribution in [-0.2, 0) is 11.3 Å². The lowest BCUT2D eigenvalue weighted by Crippen LogP contribution is -2.37. The molecule has 3 heteroatoms. The molecule has 1 rings (SSSR count). The summed E-state index contributed by atoms with van der Waals surface area (Å²) in [7, 11) is 0. The van der Waals surface area contributed by atoms with Crippen molar-refractivity contribution in [2.45, 2.75) is 33.0 Å². The molecule has 1 N–H and O–H groups in total. The minimum Gasteiger partial charge on any atom is -0.370 e. The summed E-state index contributed by atoms with van der Waals surface area (Å²) < 4.78 is 5.85. The first-order valence-corrected chi connectivity index (χ1v) is 6.01. The van der Waals surface area contributed by atoms with E-state index in [-0.39, 0.29) is 5.60 Å². The maximum absolute atomic E-state index is 6.06. The average molecular weight is 242 g/mol. The lowest BCUT2D eigenvalue weighted by atomic mass is 10.1. The van der Waals surface area contributed by atoms with Crippen LogP contribution in [0.15, 0.2) is 24.3 Å². The smallest absolute Gasteiger partial charge is 0.0754 e.